The lowest BCUT2D eigenvalue weighted by molar-refractivity contribution is 0.0118. The van der Waals surface area contributed by atoms with Crippen molar-refractivity contribution in [2.24, 2.45) is 11.8 Å². The summed E-state index contributed by atoms with van der Waals surface area (Å²) in [6.45, 7) is 10.8. The van der Waals surface area contributed by atoms with Crippen molar-refractivity contribution < 1.29 is 5.11 Å². The second-order valence-electron chi connectivity index (χ2n) is 7.19. The molecule has 1 N–H and O–H groups in total. The number of hydrogen-bond donors (Lipinski definition) is 1. The Morgan fingerprint density at radius 1 is 1.40 bits per heavy atom. The van der Waals surface area contributed by atoms with E-state index in [1.165, 1.54) is 6.42 Å². The zero-order valence-electron chi connectivity index (χ0n) is 13.2. The van der Waals surface area contributed by atoms with Crippen LogP contribution in [0.25, 0.3) is 0 Å². The van der Waals surface area contributed by atoms with Crippen LogP contribution in [0.4, 0.5) is 0 Å². The first-order valence-electron chi connectivity index (χ1n) is 7.66. The summed E-state index contributed by atoms with van der Waals surface area (Å²) < 4.78 is 2.01. The zero-order valence-corrected chi connectivity index (χ0v) is 14.0. The number of aliphatic hydroxyl groups excluding tert-OH is 1. The van der Waals surface area contributed by atoms with Gasteiger partial charge in [-0.25, -0.2) is 0 Å². The van der Waals surface area contributed by atoms with Crippen molar-refractivity contribution in [2.75, 3.05) is 0 Å². The quantitative estimate of drug-likeness (QED) is 0.908. The lowest BCUT2D eigenvalue weighted by atomic mass is 9.66. The maximum atomic E-state index is 10.5. The van der Waals surface area contributed by atoms with Gasteiger partial charge in [0.25, 0.3) is 0 Å². The van der Waals surface area contributed by atoms with E-state index in [0.717, 1.165) is 23.6 Å². The van der Waals surface area contributed by atoms with Gasteiger partial charge in [-0.3, -0.25) is 4.68 Å². The van der Waals surface area contributed by atoms with Gasteiger partial charge in [0.2, 0.25) is 0 Å². The van der Waals surface area contributed by atoms with Gasteiger partial charge < -0.3 is 5.11 Å². The molecule has 0 radical (unpaired) electrons. The first-order chi connectivity index (χ1) is 9.25. The number of rotatable bonds is 3. The Hall–Kier alpha value is -0.540. The monoisotopic (exact) mass is 298 g/mol. The Kier molecular flexibility index (Phi) is 4.50. The topological polar surface area (TPSA) is 38.0 Å². The number of hydrogen-bond acceptors (Lipinski definition) is 2. The molecule has 114 valence electrons. The predicted molar refractivity (Wildman–Crippen MR) is 83.2 cm³/mol. The molecule has 3 nitrogen and oxygen atoms in total. The fraction of sp³-hybridized carbons (Fsp3) is 0.812. The summed E-state index contributed by atoms with van der Waals surface area (Å²) in [5, 5.41) is 15.7. The van der Waals surface area contributed by atoms with Crippen LogP contribution in [0.1, 0.15) is 65.6 Å². The van der Waals surface area contributed by atoms with Gasteiger partial charge in [0, 0.05) is 11.5 Å². The van der Waals surface area contributed by atoms with Gasteiger partial charge in [0.1, 0.15) is 0 Å². The lowest BCUT2D eigenvalue weighted by Gasteiger charge is -2.42. The summed E-state index contributed by atoms with van der Waals surface area (Å²) in [6, 6.07) is 0.274. The summed E-state index contributed by atoms with van der Waals surface area (Å²) in [6.07, 6.45) is 4.60. The maximum Gasteiger partial charge on any atom is 0.0823 e. The van der Waals surface area contributed by atoms with E-state index in [9.17, 15) is 5.11 Å². The predicted octanol–water partition coefficient (Wildman–Crippen LogP) is 4.19. The molecule has 2 rings (SSSR count). The Bertz CT molecular complexity index is 467. The van der Waals surface area contributed by atoms with Gasteiger partial charge >= 0.3 is 0 Å². The highest BCUT2D eigenvalue weighted by molar-refractivity contribution is 6.31. The minimum absolute atomic E-state index is 0.169. The van der Waals surface area contributed by atoms with Crippen LogP contribution >= 0.6 is 11.6 Å². The molecular formula is C16H27ClN2O. The molecule has 1 fully saturated rings. The van der Waals surface area contributed by atoms with Crippen LogP contribution in [0.3, 0.4) is 0 Å². The molecule has 0 amide bonds. The summed E-state index contributed by atoms with van der Waals surface area (Å²) >= 11 is 6.40. The molecule has 1 aromatic heterocycles. The normalized spacial score (nSPS) is 28.1. The van der Waals surface area contributed by atoms with E-state index in [1.807, 2.05) is 4.68 Å². The molecule has 1 heterocycles. The third kappa shape index (κ3) is 2.75. The summed E-state index contributed by atoms with van der Waals surface area (Å²) in [7, 11) is 0. The van der Waals surface area contributed by atoms with Gasteiger partial charge in [0.05, 0.1) is 23.0 Å². The second kappa shape index (κ2) is 5.69. The standard InChI is InChI=1S/C16H27ClN2O/c1-10(2)19-15(13(17)9-18-19)16(4,5)12-7-6-11(3)8-14(12)20/h9-12,14,20H,6-8H2,1-5H3. The number of halogens is 1. The summed E-state index contributed by atoms with van der Waals surface area (Å²) in [5.41, 5.74) is 0.894. The smallest absolute Gasteiger partial charge is 0.0823 e. The maximum absolute atomic E-state index is 10.5. The highest BCUT2D eigenvalue weighted by Gasteiger charge is 2.42. The molecule has 0 aliphatic heterocycles. The largest absolute Gasteiger partial charge is 0.393 e. The molecule has 1 aliphatic carbocycles. The molecule has 0 spiro atoms. The molecule has 1 saturated carbocycles. The average molecular weight is 299 g/mol. The number of aromatic nitrogens is 2. The van der Waals surface area contributed by atoms with Gasteiger partial charge in [-0.05, 0) is 38.5 Å². The third-order valence-electron chi connectivity index (χ3n) is 4.86. The SMILES string of the molecule is CC1CCC(C(C)(C)c2c(Cl)cnn2C(C)C)C(O)C1. The van der Waals surface area contributed by atoms with Crippen molar-refractivity contribution in [2.45, 2.75) is 71.4 Å². The van der Waals surface area contributed by atoms with Crippen molar-refractivity contribution in [3.05, 3.63) is 16.9 Å². The minimum Gasteiger partial charge on any atom is -0.393 e. The van der Waals surface area contributed by atoms with Crippen molar-refractivity contribution >= 4 is 11.6 Å². The van der Waals surface area contributed by atoms with E-state index >= 15 is 0 Å². The fourth-order valence-electron chi connectivity index (χ4n) is 3.70. The summed E-state index contributed by atoms with van der Waals surface area (Å²) in [5.74, 6) is 0.855. The van der Waals surface area contributed by atoms with Gasteiger partial charge in [0.15, 0.2) is 0 Å². The van der Waals surface area contributed by atoms with Crippen LogP contribution in [0.2, 0.25) is 5.02 Å². The van der Waals surface area contributed by atoms with E-state index in [-0.39, 0.29) is 23.5 Å². The molecular weight excluding hydrogens is 272 g/mol. The molecule has 0 aromatic carbocycles. The molecule has 0 bridgehead atoms. The van der Waals surface area contributed by atoms with E-state index in [2.05, 4.69) is 39.7 Å². The Balaban J connectivity index is 2.37. The summed E-state index contributed by atoms with van der Waals surface area (Å²) in [4.78, 5) is 0. The van der Waals surface area contributed by atoms with Crippen LogP contribution in [0.15, 0.2) is 6.20 Å². The molecule has 4 heteroatoms. The molecule has 3 atom stereocenters. The fourth-order valence-corrected chi connectivity index (χ4v) is 4.08. The van der Waals surface area contributed by atoms with Gasteiger partial charge in [-0.15, -0.1) is 0 Å². The van der Waals surface area contributed by atoms with Crippen LogP contribution in [-0.2, 0) is 5.41 Å². The van der Waals surface area contributed by atoms with E-state index in [4.69, 9.17) is 11.6 Å². The lowest BCUT2D eigenvalue weighted by Crippen LogP contribution is -2.42. The number of nitrogens with zero attached hydrogens (tertiary/aromatic N) is 2. The number of aliphatic hydroxyl groups is 1. The highest BCUT2D eigenvalue weighted by Crippen LogP contribution is 2.44. The van der Waals surface area contributed by atoms with Crippen LogP contribution < -0.4 is 0 Å². The van der Waals surface area contributed by atoms with Crippen molar-refractivity contribution in [1.29, 1.82) is 0 Å². The molecule has 3 unspecified atom stereocenters. The van der Waals surface area contributed by atoms with Crippen LogP contribution in [-0.4, -0.2) is 21.0 Å². The van der Waals surface area contributed by atoms with Crippen molar-refractivity contribution in [3.8, 4) is 0 Å². The van der Waals surface area contributed by atoms with Crippen LogP contribution in [0.5, 0.6) is 0 Å². The van der Waals surface area contributed by atoms with Gasteiger partial charge in [-0.1, -0.05) is 38.8 Å². The average Bonchev–Trinajstić information content (AvgIpc) is 2.71. The first-order valence-corrected chi connectivity index (χ1v) is 8.04. The third-order valence-corrected chi connectivity index (χ3v) is 5.13. The Morgan fingerprint density at radius 3 is 2.60 bits per heavy atom. The Labute approximate surface area is 127 Å². The highest BCUT2D eigenvalue weighted by atomic mass is 35.5. The second-order valence-corrected chi connectivity index (χ2v) is 7.60. The van der Waals surface area contributed by atoms with Crippen molar-refractivity contribution in [3.63, 3.8) is 0 Å². The van der Waals surface area contributed by atoms with E-state index in [1.54, 1.807) is 6.20 Å². The molecule has 1 aliphatic rings. The van der Waals surface area contributed by atoms with E-state index < -0.39 is 0 Å². The molecule has 0 saturated heterocycles. The van der Waals surface area contributed by atoms with Gasteiger partial charge in [-0.2, -0.15) is 5.10 Å². The van der Waals surface area contributed by atoms with E-state index in [0.29, 0.717) is 5.92 Å². The zero-order chi connectivity index (χ0) is 15.1. The first kappa shape index (κ1) is 15.8. The molecule has 1 aromatic rings. The minimum atomic E-state index is -0.250. The Morgan fingerprint density at radius 2 is 2.05 bits per heavy atom. The molecule has 20 heavy (non-hydrogen) atoms. The van der Waals surface area contributed by atoms with Crippen molar-refractivity contribution in [1.82, 2.24) is 9.78 Å². The van der Waals surface area contributed by atoms with Crippen LogP contribution in [0, 0.1) is 11.8 Å².